The molecular weight excluding hydrogens is 264 g/mol. The summed E-state index contributed by atoms with van der Waals surface area (Å²) in [7, 11) is 1.63. The van der Waals surface area contributed by atoms with Crippen LogP contribution in [0, 0.1) is 0 Å². The predicted octanol–water partition coefficient (Wildman–Crippen LogP) is 3.29. The summed E-state index contributed by atoms with van der Waals surface area (Å²) >= 11 is 0. The number of amides is 1. The number of likely N-dealkylation sites (tertiary alicyclic amines) is 1. The van der Waals surface area contributed by atoms with Crippen LogP contribution in [-0.4, -0.2) is 35.5 Å². The Hall–Kier alpha value is -1.55. The molecule has 0 bridgehead atoms. The van der Waals surface area contributed by atoms with Crippen molar-refractivity contribution in [1.29, 1.82) is 0 Å². The maximum atomic E-state index is 12.8. The summed E-state index contributed by atoms with van der Waals surface area (Å²) in [4.78, 5) is 15.1. The van der Waals surface area contributed by atoms with Crippen molar-refractivity contribution < 1.29 is 9.53 Å². The van der Waals surface area contributed by atoms with Crippen LogP contribution < -0.4 is 10.1 Å². The molecule has 2 rings (SSSR count). The summed E-state index contributed by atoms with van der Waals surface area (Å²) < 4.78 is 5.13. The van der Waals surface area contributed by atoms with E-state index in [0.717, 1.165) is 30.8 Å². The van der Waals surface area contributed by atoms with Crippen molar-refractivity contribution in [3.63, 3.8) is 0 Å². The molecule has 1 aromatic carbocycles. The Morgan fingerprint density at radius 2 is 1.90 bits per heavy atom. The van der Waals surface area contributed by atoms with Gasteiger partial charge in [0, 0.05) is 11.2 Å². The zero-order valence-electron chi connectivity index (χ0n) is 13.7. The molecule has 0 aliphatic carbocycles. The third-order valence-electron chi connectivity index (χ3n) is 4.29. The van der Waals surface area contributed by atoms with Gasteiger partial charge in [0.25, 0.3) is 0 Å². The first-order valence-electron chi connectivity index (χ1n) is 7.50. The van der Waals surface area contributed by atoms with Gasteiger partial charge in [-0.15, -0.1) is 0 Å². The molecule has 116 valence electrons. The van der Waals surface area contributed by atoms with Crippen molar-refractivity contribution in [3.8, 4) is 5.75 Å². The Bertz CT molecular complexity index is 505. The van der Waals surface area contributed by atoms with Crippen LogP contribution in [0.2, 0.25) is 0 Å². The number of methoxy groups -OCH3 is 1. The van der Waals surface area contributed by atoms with Gasteiger partial charge in [-0.25, -0.2) is 0 Å². The molecule has 1 aromatic rings. The summed E-state index contributed by atoms with van der Waals surface area (Å²) in [5, 5.41) is 3.04. The van der Waals surface area contributed by atoms with E-state index in [1.807, 2.05) is 31.2 Å². The minimum Gasteiger partial charge on any atom is -0.497 e. The molecule has 1 saturated heterocycles. The van der Waals surface area contributed by atoms with Gasteiger partial charge in [0.2, 0.25) is 5.91 Å². The summed E-state index contributed by atoms with van der Waals surface area (Å²) in [5.41, 5.74) is 0.350. The van der Waals surface area contributed by atoms with Gasteiger partial charge in [-0.2, -0.15) is 0 Å². The molecule has 1 aliphatic rings. The second-order valence-electron chi connectivity index (χ2n) is 6.88. The molecule has 0 saturated carbocycles. The first kappa shape index (κ1) is 15.8. The van der Waals surface area contributed by atoms with Crippen LogP contribution in [0.15, 0.2) is 24.3 Å². The fourth-order valence-corrected chi connectivity index (χ4v) is 3.22. The van der Waals surface area contributed by atoms with Crippen LogP contribution in [-0.2, 0) is 4.79 Å². The van der Waals surface area contributed by atoms with Gasteiger partial charge in [0.1, 0.15) is 5.75 Å². The molecular formula is C17H26N2O2. The van der Waals surface area contributed by atoms with Crippen LogP contribution in [0.3, 0.4) is 0 Å². The number of carbonyl (C=O) groups excluding carboxylic acids is 1. The van der Waals surface area contributed by atoms with E-state index in [4.69, 9.17) is 4.74 Å². The van der Waals surface area contributed by atoms with Crippen molar-refractivity contribution in [2.24, 2.45) is 0 Å². The molecule has 4 nitrogen and oxygen atoms in total. The number of nitrogens with zero attached hydrogens (tertiary/aromatic N) is 1. The van der Waals surface area contributed by atoms with Crippen LogP contribution >= 0.6 is 0 Å². The van der Waals surface area contributed by atoms with E-state index in [1.54, 1.807) is 7.11 Å². The van der Waals surface area contributed by atoms with Crippen molar-refractivity contribution in [2.45, 2.75) is 51.6 Å². The number of rotatable bonds is 3. The van der Waals surface area contributed by atoms with E-state index in [-0.39, 0.29) is 11.4 Å². The summed E-state index contributed by atoms with van der Waals surface area (Å²) in [6.07, 6.45) is 1.95. The van der Waals surface area contributed by atoms with Gasteiger partial charge in [-0.3, -0.25) is 9.69 Å². The van der Waals surface area contributed by atoms with Gasteiger partial charge in [0.05, 0.1) is 12.6 Å². The molecule has 1 aliphatic heterocycles. The van der Waals surface area contributed by atoms with Crippen LogP contribution in [0.4, 0.5) is 5.69 Å². The van der Waals surface area contributed by atoms with E-state index in [2.05, 4.69) is 31.0 Å². The molecule has 1 amide bonds. The number of benzene rings is 1. The minimum absolute atomic E-state index is 0.0114. The van der Waals surface area contributed by atoms with Crippen LogP contribution in [0.5, 0.6) is 5.75 Å². The zero-order valence-corrected chi connectivity index (χ0v) is 13.7. The van der Waals surface area contributed by atoms with E-state index < -0.39 is 5.54 Å². The third-order valence-corrected chi connectivity index (χ3v) is 4.29. The monoisotopic (exact) mass is 290 g/mol. The Balaban J connectivity index is 2.14. The van der Waals surface area contributed by atoms with E-state index in [9.17, 15) is 4.79 Å². The zero-order chi connectivity index (χ0) is 15.7. The predicted molar refractivity (Wildman–Crippen MR) is 85.7 cm³/mol. The Morgan fingerprint density at radius 1 is 1.29 bits per heavy atom. The highest BCUT2D eigenvalue weighted by atomic mass is 16.5. The van der Waals surface area contributed by atoms with E-state index >= 15 is 0 Å². The van der Waals surface area contributed by atoms with Crippen molar-refractivity contribution in [3.05, 3.63) is 24.3 Å². The first-order valence-corrected chi connectivity index (χ1v) is 7.50. The van der Waals surface area contributed by atoms with Gasteiger partial charge in [-0.05, 0) is 71.3 Å². The lowest BCUT2D eigenvalue weighted by molar-refractivity contribution is -0.128. The summed E-state index contributed by atoms with van der Waals surface area (Å²) in [5.74, 6) is 0.858. The second-order valence-corrected chi connectivity index (χ2v) is 6.88. The molecule has 1 heterocycles. The quantitative estimate of drug-likeness (QED) is 0.929. The molecule has 4 heteroatoms. The highest BCUT2D eigenvalue weighted by molar-refractivity contribution is 5.98. The average Bonchev–Trinajstić information content (AvgIpc) is 2.83. The molecule has 1 unspecified atom stereocenters. The maximum Gasteiger partial charge on any atom is 0.244 e. The van der Waals surface area contributed by atoms with Crippen molar-refractivity contribution >= 4 is 11.6 Å². The maximum absolute atomic E-state index is 12.8. The first-order chi connectivity index (χ1) is 9.77. The number of hydrogen-bond donors (Lipinski definition) is 1. The standard InChI is InChI=1S/C17H26N2O2/c1-16(2,3)19-12-6-11-17(19,4)15(20)18-13-7-9-14(21-5)10-8-13/h7-10H,6,11-12H2,1-5H3,(H,18,20). The topological polar surface area (TPSA) is 41.6 Å². The van der Waals surface area contributed by atoms with Crippen LogP contribution in [0.25, 0.3) is 0 Å². The third kappa shape index (κ3) is 3.21. The van der Waals surface area contributed by atoms with Gasteiger partial charge >= 0.3 is 0 Å². The fourth-order valence-electron chi connectivity index (χ4n) is 3.22. The normalized spacial score (nSPS) is 23.1. The summed E-state index contributed by atoms with van der Waals surface area (Å²) in [6.45, 7) is 9.51. The van der Waals surface area contributed by atoms with E-state index in [1.165, 1.54) is 0 Å². The molecule has 1 N–H and O–H groups in total. The lowest BCUT2D eigenvalue weighted by Crippen LogP contribution is -2.57. The number of ether oxygens (including phenoxy) is 1. The highest BCUT2D eigenvalue weighted by Gasteiger charge is 2.47. The minimum atomic E-state index is -0.446. The summed E-state index contributed by atoms with van der Waals surface area (Å²) in [6, 6.07) is 7.45. The lowest BCUT2D eigenvalue weighted by atomic mass is 9.92. The number of hydrogen-bond acceptors (Lipinski definition) is 3. The molecule has 0 radical (unpaired) electrons. The molecule has 1 atom stereocenters. The SMILES string of the molecule is COc1ccc(NC(=O)C2(C)CCCN2C(C)(C)C)cc1. The largest absolute Gasteiger partial charge is 0.497 e. The van der Waals surface area contributed by atoms with Crippen LogP contribution in [0.1, 0.15) is 40.5 Å². The fraction of sp³-hybridized carbons (Fsp3) is 0.588. The Kier molecular flexibility index (Phi) is 4.28. The molecule has 1 fully saturated rings. The van der Waals surface area contributed by atoms with Gasteiger partial charge in [0.15, 0.2) is 0 Å². The van der Waals surface area contributed by atoms with Crippen molar-refractivity contribution in [2.75, 3.05) is 19.0 Å². The average molecular weight is 290 g/mol. The Morgan fingerprint density at radius 3 is 2.43 bits per heavy atom. The molecule has 0 aromatic heterocycles. The number of anilines is 1. The number of nitrogens with one attached hydrogen (secondary N) is 1. The highest BCUT2D eigenvalue weighted by Crippen LogP contribution is 2.36. The van der Waals surface area contributed by atoms with Gasteiger partial charge < -0.3 is 10.1 Å². The Labute approximate surface area is 127 Å². The van der Waals surface area contributed by atoms with E-state index in [0.29, 0.717) is 0 Å². The second kappa shape index (κ2) is 5.68. The lowest BCUT2D eigenvalue weighted by Gasteiger charge is -2.43. The van der Waals surface area contributed by atoms with Gasteiger partial charge in [-0.1, -0.05) is 0 Å². The molecule has 0 spiro atoms. The molecule has 21 heavy (non-hydrogen) atoms. The number of carbonyl (C=O) groups is 1. The van der Waals surface area contributed by atoms with Crippen molar-refractivity contribution in [1.82, 2.24) is 4.90 Å². The smallest absolute Gasteiger partial charge is 0.244 e.